The van der Waals surface area contributed by atoms with Crippen LogP contribution >= 0.6 is 11.3 Å². The first-order chi connectivity index (χ1) is 11.4. The van der Waals surface area contributed by atoms with Crippen molar-refractivity contribution in [2.24, 2.45) is 0 Å². The van der Waals surface area contributed by atoms with Crippen LogP contribution in [0.25, 0.3) is 0 Å². The molecule has 1 heterocycles. The number of esters is 1. The zero-order valence-electron chi connectivity index (χ0n) is 13.0. The molecule has 2 rings (SSSR count). The summed E-state index contributed by atoms with van der Waals surface area (Å²) in [5, 5.41) is 0. The summed E-state index contributed by atoms with van der Waals surface area (Å²) in [7, 11) is 0. The van der Waals surface area contributed by atoms with Crippen molar-refractivity contribution >= 4 is 29.1 Å². The van der Waals surface area contributed by atoms with Crippen LogP contribution in [-0.4, -0.2) is 24.4 Å². The van der Waals surface area contributed by atoms with Crippen LogP contribution in [-0.2, 0) is 9.53 Å². The molecule has 24 heavy (non-hydrogen) atoms. The Hall–Kier alpha value is -2.74. The highest BCUT2D eigenvalue weighted by molar-refractivity contribution is 7.12. The highest BCUT2D eigenvalue weighted by Crippen LogP contribution is 2.21. The molecule has 0 aliphatic heterocycles. The second-order valence-electron chi connectivity index (χ2n) is 4.89. The van der Waals surface area contributed by atoms with Gasteiger partial charge in [0.25, 0.3) is 11.8 Å². The fraction of sp³-hybridized carbons (Fsp3) is 0.188. The number of amides is 2. The van der Waals surface area contributed by atoms with Gasteiger partial charge in [-0.05, 0) is 32.0 Å². The van der Waals surface area contributed by atoms with Crippen LogP contribution in [0.3, 0.4) is 0 Å². The average Bonchev–Trinajstić information content (AvgIpc) is 2.89. The molecular formula is C16H15FN2O4S. The van der Waals surface area contributed by atoms with E-state index in [1.165, 1.54) is 29.5 Å². The number of carbonyl (C=O) groups excluding carboxylic acids is 3. The SMILES string of the molecule is Cc1cc(C(=O)OCC(=O)NNC(=O)c2ccccc2F)c(C)s1. The third-order valence-corrected chi connectivity index (χ3v) is 4.00. The number of aryl methyl sites for hydroxylation is 2. The minimum atomic E-state index is -0.808. The van der Waals surface area contributed by atoms with E-state index in [9.17, 15) is 18.8 Å². The summed E-state index contributed by atoms with van der Waals surface area (Å²) in [5.74, 6) is -2.87. The quantitative estimate of drug-likeness (QED) is 0.653. The number of carbonyl (C=O) groups is 3. The molecule has 0 bridgehead atoms. The summed E-state index contributed by atoms with van der Waals surface area (Å²) >= 11 is 1.45. The van der Waals surface area contributed by atoms with Gasteiger partial charge in [0.1, 0.15) is 5.82 Å². The van der Waals surface area contributed by atoms with Gasteiger partial charge in [-0.3, -0.25) is 20.4 Å². The van der Waals surface area contributed by atoms with Crippen molar-refractivity contribution in [1.82, 2.24) is 10.9 Å². The van der Waals surface area contributed by atoms with Crippen LogP contribution in [0.2, 0.25) is 0 Å². The number of benzene rings is 1. The first-order valence-electron chi connectivity index (χ1n) is 6.96. The minimum Gasteiger partial charge on any atom is -0.452 e. The highest BCUT2D eigenvalue weighted by Gasteiger charge is 2.16. The molecule has 0 radical (unpaired) electrons. The lowest BCUT2D eigenvalue weighted by Gasteiger charge is -2.08. The lowest BCUT2D eigenvalue weighted by molar-refractivity contribution is -0.125. The molecule has 0 aliphatic carbocycles. The van der Waals surface area contributed by atoms with Crippen LogP contribution in [0.5, 0.6) is 0 Å². The Morgan fingerprint density at radius 1 is 1.12 bits per heavy atom. The van der Waals surface area contributed by atoms with Crippen molar-refractivity contribution < 1.29 is 23.5 Å². The third kappa shape index (κ3) is 4.39. The summed E-state index contributed by atoms with van der Waals surface area (Å²) in [5.41, 5.74) is 4.30. The van der Waals surface area contributed by atoms with Gasteiger partial charge in [-0.25, -0.2) is 9.18 Å². The van der Waals surface area contributed by atoms with E-state index in [0.29, 0.717) is 5.56 Å². The zero-order chi connectivity index (χ0) is 17.7. The Balaban J connectivity index is 1.81. The number of ether oxygens (including phenoxy) is 1. The molecule has 8 heteroatoms. The van der Waals surface area contributed by atoms with Crippen LogP contribution in [0.15, 0.2) is 30.3 Å². The second-order valence-corrected chi connectivity index (χ2v) is 6.35. The van der Waals surface area contributed by atoms with Crippen molar-refractivity contribution in [2.45, 2.75) is 13.8 Å². The molecule has 0 saturated heterocycles. The zero-order valence-corrected chi connectivity index (χ0v) is 13.8. The van der Waals surface area contributed by atoms with Crippen LogP contribution in [0.4, 0.5) is 4.39 Å². The Labute approximate surface area is 141 Å². The smallest absolute Gasteiger partial charge is 0.339 e. The van der Waals surface area contributed by atoms with Crippen molar-refractivity contribution in [3.8, 4) is 0 Å². The fourth-order valence-electron chi connectivity index (χ4n) is 1.92. The fourth-order valence-corrected chi connectivity index (χ4v) is 2.83. The Morgan fingerprint density at radius 3 is 2.46 bits per heavy atom. The predicted octanol–water partition coefficient (Wildman–Crippen LogP) is 2.12. The van der Waals surface area contributed by atoms with Crippen LogP contribution < -0.4 is 10.9 Å². The van der Waals surface area contributed by atoms with Gasteiger partial charge < -0.3 is 4.74 Å². The van der Waals surface area contributed by atoms with Crippen molar-refractivity contribution in [3.05, 3.63) is 57.0 Å². The number of hydrogen-bond donors (Lipinski definition) is 2. The largest absolute Gasteiger partial charge is 0.452 e. The number of thiophene rings is 1. The van der Waals surface area contributed by atoms with Gasteiger partial charge in [-0.2, -0.15) is 0 Å². The van der Waals surface area contributed by atoms with E-state index < -0.39 is 30.2 Å². The number of hydrazine groups is 1. The molecule has 0 saturated carbocycles. The Morgan fingerprint density at radius 2 is 1.83 bits per heavy atom. The molecule has 2 N–H and O–H groups in total. The van der Waals surface area contributed by atoms with Gasteiger partial charge in [0.15, 0.2) is 6.61 Å². The highest BCUT2D eigenvalue weighted by atomic mass is 32.1. The minimum absolute atomic E-state index is 0.209. The summed E-state index contributed by atoms with van der Waals surface area (Å²) in [4.78, 5) is 36.9. The summed E-state index contributed by atoms with van der Waals surface area (Å²) in [6, 6.07) is 7.02. The topological polar surface area (TPSA) is 84.5 Å². The van der Waals surface area contributed by atoms with E-state index in [0.717, 1.165) is 15.8 Å². The Bertz CT molecular complexity index is 788. The standard InChI is InChI=1S/C16H15FN2O4S/c1-9-7-12(10(2)24-9)16(22)23-8-14(20)18-19-15(21)11-5-3-4-6-13(11)17/h3-7H,8H2,1-2H3,(H,18,20)(H,19,21). The van der Waals surface area contributed by atoms with Crippen LogP contribution in [0.1, 0.15) is 30.5 Å². The van der Waals surface area contributed by atoms with E-state index in [-0.39, 0.29) is 5.56 Å². The number of halogens is 1. The molecule has 0 unspecified atom stereocenters. The normalized spacial score (nSPS) is 10.1. The maximum atomic E-state index is 13.4. The number of nitrogens with one attached hydrogen (secondary N) is 2. The van der Waals surface area contributed by atoms with Crippen molar-refractivity contribution in [1.29, 1.82) is 0 Å². The molecule has 1 aromatic carbocycles. The van der Waals surface area contributed by atoms with E-state index in [1.54, 1.807) is 13.0 Å². The van der Waals surface area contributed by atoms with E-state index in [4.69, 9.17) is 4.74 Å². The van der Waals surface area contributed by atoms with Gasteiger partial charge in [-0.15, -0.1) is 11.3 Å². The first kappa shape index (κ1) is 17.6. The number of rotatable bonds is 4. The van der Waals surface area contributed by atoms with Gasteiger partial charge in [0.05, 0.1) is 11.1 Å². The molecule has 0 aliphatic rings. The van der Waals surface area contributed by atoms with Gasteiger partial charge in [0, 0.05) is 9.75 Å². The lowest BCUT2D eigenvalue weighted by Crippen LogP contribution is -2.43. The summed E-state index contributed by atoms with van der Waals surface area (Å²) in [6.07, 6.45) is 0. The summed E-state index contributed by atoms with van der Waals surface area (Å²) < 4.78 is 18.3. The molecule has 0 atom stereocenters. The third-order valence-electron chi connectivity index (χ3n) is 3.03. The molecule has 1 aromatic heterocycles. The van der Waals surface area contributed by atoms with Crippen molar-refractivity contribution in [3.63, 3.8) is 0 Å². The molecular weight excluding hydrogens is 335 g/mol. The van der Waals surface area contributed by atoms with Crippen LogP contribution in [0, 0.1) is 19.7 Å². The predicted molar refractivity (Wildman–Crippen MR) is 86.1 cm³/mol. The second kappa shape index (κ2) is 7.69. The van der Waals surface area contributed by atoms with Crippen molar-refractivity contribution in [2.75, 3.05) is 6.61 Å². The monoisotopic (exact) mass is 350 g/mol. The molecule has 0 spiro atoms. The first-order valence-corrected chi connectivity index (χ1v) is 7.78. The maximum absolute atomic E-state index is 13.4. The summed E-state index contributed by atoms with van der Waals surface area (Å²) in [6.45, 7) is 3.08. The van der Waals surface area contributed by atoms with Gasteiger partial charge >= 0.3 is 5.97 Å². The molecule has 2 amide bonds. The van der Waals surface area contributed by atoms with E-state index in [2.05, 4.69) is 10.9 Å². The maximum Gasteiger partial charge on any atom is 0.339 e. The van der Waals surface area contributed by atoms with Gasteiger partial charge in [-0.1, -0.05) is 12.1 Å². The number of hydrogen-bond acceptors (Lipinski definition) is 5. The van der Waals surface area contributed by atoms with E-state index >= 15 is 0 Å². The molecule has 0 fully saturated rings. The Kier molecular flexibility index (Phi) is 5.64. The van der Waals surface area contributed by atoms with E-state index in [1.807, 2.05) is 6.92 Å². The lowest BCUT2D eigenvalue weighted by atomic mass is 10.2. The molecule has 2 aromatic rings. The molecule has 126 valence electrons. The average molecular weight is 350 g/mol. The molecule has 6 nitrogen and oxygen atoms in total. The van der Waals surface area contributed by atoms with Gasteiger partial charge in [0.2, 0.25) is 0 Å².